The zero-order chi connectivity index (χ0) is 28.5. The summed E-state index contributed by atoms with van der Waals surface area (Å²) in [5.74, 6) is 0.814. The van der Waals surface area contributed by atoms with Crippen LogP contribution in [0.25, 0.3) is 11.2 Å². The highest BCUT2D eigenvalue weighted by atomic mass is 31.2. The predicted octanol–water partition coefficient (Wildman–Crippen LogP) is 6.90. The Morgan fingerprint density at radius 2 is 1.46 bits per heavy atom. The molecule has 0 aliphatic heterocycles. The first-order valence-electron chi connectivity index (χ1n) is 15.0. The lowest BCUT2D eigenvalue weighted by Crippen LogP contribution is -2.18. The third-order valence-corrected chi connectivity index (χ3v) is 7.45. The van der Waals surface area contributed by atoms with Gasteiger partial charge in [-0.15, -0.1) is 0 Å². The molecule has 2 aromatic heterocycles. The Morgan fingerprint density at radius 1 is 0.897 bits per heavy atom. The Hall–Kier alpha value is -1.58. The number of hydrogen-bond donors (Lipinski definition) is 3. The van der Waals surface area contributed by atoms with Crippen molar-refractivity contribution in [3.63, 3.8) is 0 Å². The number of imidazole rings is 1. The summed E-state index contributed by atoms with van der Waals surface area (Å²) >= 11 is 0. The Morgan fingerprint density at radius 3 is 2.00 bits per heavy atom. The molecule has 0 aliphatic carbocycles. The fraction of sp³-hybridized carbons (Fsp3) is 0.821. The van der Waals surface area contributed by atoms with E-state index in [2.05, 4.69) is 16.9 Å². The van der Waals surface area contributed by atoms with Crippen LogP contribution in [-0.2, 0) is 20.6 Å². The third kappa shape index (κ3) is 13.6. The molecule has 1 unspecified atom stereocenters. The van der Waals surface area contributed by atoms with Crippen LogP contribution in [0.4, 0.5) is 5.82 Å². The second-order valence-corrected chi connectivity index (χ2v) is 12.3. The first-order chi connectivity index (χ1) is 18.7. The van der Waals surface area contributed by atoms with Crippen LogP contribution in [0.5, 0.6) is 0 Å². The van der Waals surface area contributed by atoms with Crippen molar-refractivity contribution in [3.05, 3.63) is 12.2 Å². The maximum Gasteiger partial charge on any atom is 0.350 e. The minimum Gasteiger partial charge on any atom is -0.382 e. The Balaban J connectivity index is 1.69. The first-order valence-corrected chi connectivity index (χ1v) is 16.8. The molecule has 0 saturated carbocycles. The number of nitrogen functional groups attached to an aromatic ring is 1. The SMILES string of the molecule is CCCCCCCCCCCCCCCCOC(CC)c1nc(N)c2ncn(C[C@@H](C)OCP(=O)(O)O)c2n1. The maximum atomic E-state index is 11.1. The van der Waals surface area contributed by atoms with Crippen molar-refractivity contribution in [2.45, 2.75) is 136 Å². The van der Waals surface area contributed by atoms with Gasteiger partial charge in [-0.05, 0) is 19.8 Å². The molecule has 0 fully saturated rings. The van der Waals surface area contributed by atoms with E-state index in [0.29, 0.717) is 30.1 Å². The molecule has 0 aromatic carbocycles. The fourth-order valence-corrected chi connectivity index (χ4v) is 5.16. The van der Waals surface area contributed by atoms with Crippen molar-refractivity contribution in [1.82, 2.24) is 19.5 Å². The van der Waals surface area contributed by atoms with Crippen molar-refractivity contribution in [3.8, 4) is 0 Å². The van der Waals surface area contributed by atoms with Crippen molar-refractivity contribution in [1.29, 1.82) is 0 Å². The standard InChI is InChI=1S/C28H52N5O5P/c1-4-6-7-8-9-10-11-12-13-14-15-16-17-18-19-37-24(5-2)27-31-26(29)25-28(32-27)33(21-30-25)20-23(3)38-22-39(34,35)36/h21,23-24H,4-20,22H2,1-3H3,(H2,29,31,32)(H2,34,35,36)/t23-,24?/m1/s1. The predicted molar refractivity (Wildman–Crippen MR) is 156 cm³/mol. The number of aromatic nitrogens is 4. The molecule has 0 saturated heterocycles. The molecule has 2 aromatic rings. The average molecular weight is 570 g/mol. The largest absolute Gasteiger partial charge is 0.382 e. The number of unbranched alkanes of at least 4 members (excludes halogenated alkanes) is 13. The van der Waals surface area contributed by atoms with E-state index in [1.54, 1.807) is 17.8 Å². The number of anilines is 1. The van der Waals surface area contributed by atoms with Gasteiger partial charge in [-0.3, -0.25) is 4.57 Å². The molecular weight excluding hydrogens is 517 g/mol. The van der Waals surface area contributed by atoms with E-state index in [0.717, 1.165) is 19.3 Å². The molecule has 0 bridgehead atoms. The van der Waals surface area contributed by atoms with Crippen molar-refractivity contribution >= 4 is 24.6 Å². The van der Waals surface area contributed by atoms with Crippen LogP contribution < -0.4 is 5.73 Å². The molecule has 39 heavy (non-hydrogen) atoms. The molecule has 0 spiro atoms. The lowest BCUT2D eigenvalue weighted by atomic mass is 10.0. The fourth-order valence-electron chi connectivity index (χ4n) is 4.71. The van der Waals surface area contributed by atoms with Crippen molar-refractivity contribution in [2.75, 3.05) is 18.7 Å². The smallest absolute Gasteiger partial charge is 0.350 e. The molecule has 2 atom stereocenters. The first kappa shape index (κ1) is 33.6. The van der Waals surface area contributed by atoms with E-state index in [4.69, 9.17) is 30.0 Å². The number of rotatable bonds is 23. The number of fused-ring (bicyclic) bond motifs is 1. The van der Waals surface area contributed by atoms with E-state index < -0.39 is 20.0 Å². The summed E-state index contributed by atoms with van der Waals surface area (Å²) in [6.45, 7) is 7.02. The van der Waals surface area contributed by atoms with Gasteiger partial charge in [0.15, 0.2) is 17.3 Å². The van der Waals surface area contributed by atoms with Crippen LogP contribution >= 0.6 is 7.60 Å². The van der Waals surface area contributed by atoms with Gasteiger partial charge >= 0.3 is 7.60 Å². The summed E-state index contributed by atoms with van der Waals surface area (Å²) in [6, 6.07) is 0. The molecular formula is C28H52N5O5P. The summed E-state index contributed by atoms with van der Waals surface area (Å²) in [4.78, 5) is 31.6. The summed E-state index contributed by atoms with van der Waals surface area (Å²) in [7, 11) is -4.23. The Labute approximate surface area is 234 Å². The van der Waals surface area contributed by atoms with E-state index in [9.17, 15) is 4.57 Å². The zero-order valence-corrected chi connectivity index (χ0v) is 25.3. The summed E-state index contributed by atoms with van der Waals surface area (Å²) in [5.41, 5.74) is 7.23. The summed E-state index contributed by atoms with van der Waals surface area (Å²) < 4.78 is 24.3. The van der Waals surface area contributed by atoms with Crippen LogP contribution in [-0.4, -0.2) is 48.4 Å². The third-order valence-electron chi connectivity index (χ3n) is 6.96. The van der Waals surface area contributed by atoms with Crippen molar-refractivity contribution in [2.24, 2.45) is 0 Å². The maximum absolute atomic E-state index is 11.1. The minimum atomic E-state index is -4.23. The second kappa shape index (κ2) is 18.7. The minimum absolute atomic E-state index is 0.259. The van der Waals surface area contributed by atoms with Gasteiger partial charge in [-0.2, -0.15) is 0 Å². The highest BCUT2D eigenvalue weighted by Crippen LogP contribution is 2.34. The van der Waals surface area contributed by atoms with E-state index in [-0.39, 0.29) is 11.9 Å². The highest BCUT2D eigenvalue weighted by molar-refractivity contribution is 7.51. The topological polar surface area (TPSA) is 146 Å². The number of hydrogen-bond acceptors (Lipinski definition) is 7. The van der Waals surface area contributed by atoms with E-state index >= 15 is 0 Å². The second-order valence-electron chi connectivity index (χ2n) is 10.7. The van der Waals surface area contributed by atoms with Gasteiger partial charge in [0.1, 0.15) is 18.0 Å². The van der Waals surface area contributed by atoms with Crippen molar-refractivity contribution < 1.29 is 23.8 Å². The van der Waals surface area contributed by atoms with Gasteiger partial charge in [0.2, 0.25) is 0 Å². The van der Waals surface area contributed by atoms with Crippen LogP contribution in [0.2, 0.25) is 0 Å². The lowest BCUT2D eigenvalue weighted by molar-refractivity contribution is 0.0416. The highest BCUT2D eigenvalue weighted by Gasteiger charge is 2.20. The van der Waals surface area contributed by atoms with Gasteiger partial charge < -0.3 is 29.6 Å². The van der Waals surface area contributed by atoms with E-state index in [1.165, 1.54) is 77.0 Å². The average Bonchev–Trinajstić information content (AvgIpc) is 3.30. The van der Waals surface area contributed by atoms with Crippen LogP contribution in [0.3, 0.4) is 0 Å². The molecule has 10 nitrogen and oxygen atoms in total. The van der Waals surface area contributed by atoms with Crippen LogP contribution in [0.15, 0.2) is 6.33 Å². The van der Waals surface area contributed by atoms with Gasteiger partial charge in [-0.1, -0.05) is 97.3 Å². The summed E-state index contributed by atoms with van der Waals surface area (Å²) in [6.07, 6.45) is 19.5. The quantitative estimate of drug-likeness (QED) is 0.0960. The van der Waals surface area contributed by atoms with Gasteiger partial charge in [0, 0.05) is 6.61 Å². The number of ether oxygens (including phenoxy) is 2. The normalized spacial score (nSPS) is 13.8. The van der Waals surface area contributed by atoms with Gasteiger partial charge in [0.05, 0.1) is 19.0 Å². The summed E-state index contributed by atoms with van der Waals surface area (Å²) in [5, 5.41) is 0. The van der Waals surface area contributed by atoms with Crippen LogP contribution in [0, 0.1) is 0 Å². The molecule has 0 radical (unpaired) electrons. The molecule has 2 rings (SSSR count). The number of nitrogens with two attached hydrogens (primary N) is 1. The molecule has 11 heteroatoms. The molecule has 4 N–H and O–H groups in total. The molecule has 0 amide bonds. The lowest BCUT2D eigenvalue weighted by Gasteiger charge is -2.17. The van der Waals surface area contributed by atoms with Gasteiger partial charge in [-0.25, -0.2) is 15.0 Å². The van der Waals surface area contributed by atoms with E-state index in [1.807, 2.05) is 6.92 Å². The molecule has 0 aliphatic rings. The molecule has 224 valence electrons. The Kier molecular flexibility index (Phi) is 16.1. The zero-order valence-electron chi connectivity index (χ0n) is 24.4. The monoisotopic (exact) mass is 569 g/mol. The van der Waals surface area contributed by atoms with Crippen LogP contribution in [0.1, 0.15) is 129 Å². The van der Waals surface area contributed by atoms with Gasteiger partial charge in [0.25, 0.3) is 0 Å². The molecule has 2 heterocycles. The number of nitrogens with zero attached hydrogens (tertiary/aromatic N) is 4. The Bertz CT molecular complexity index is 983.